The molecule has 2 heterocycles. The molecule has 5 nitrogen and oxygen atoms in total. The number of nitrogens with zero attached hydrogens (tertiary/aromatic N) is 1. The van der Waals surface area contributed by atoms with E-state index in [0.717, 1.165) is 24.9 Å². The lowest BCUT2D eigenvalue weighted by molar-refractivity contribution is -0.138. The molecule has 2 aliphatic heterocycles. The number of Topliss-reactive ketones (excluding diaryl/α,β-unsaturated/α-hetero) is 1. The Morgan fingerprint density at radius 2 is 2.13 bits per heavy atom. The number of benzene rings is 1. The molecule has 3 N–H and O–H groups in total. The van der Waals surface area contributed by atoms with Gasteiger partial charge >= 0.3 is 0 Å². The molecule has 1 aromatic carbocycles. The number of anilines is 1. The Morgan fingerprint density at radius 1 is 1.39 bits per heavy atom. The first-order valence-corrected chi connectivity index (χ1v) is 8.37. The third kappa shape index (κ3) is 2.78. The second kappa shape index (κ2) is 6.04. The Bertz CT molecular complexity index is 615. The lowest BCUT2D eigenvalue weighted by Crippen LogP contribution is -2.55. The van der Waals surface area contributed by atoms with Crippen LogP contribution in [-0.4, -0.2) is 35.5 Å². The van der Waals surface area contributed by atoms with Gasteiger partial charge in [0.15, 0.2) is 11.5 Å². The van der Waals surface area contributed by atoms with Crippen LogP contribution in [0.3, 0.4) is 0 Å². The molecule has 3 unspecified atom stereocenters. The number of phenols is 1. The third-order valence-electron chi connectivity index (χ3n) is 5.13. The van der Waals surface area contributed by atoms with Crippen molar-refractivity contribution >= 4 is 11.5 Å². The van der Waals surface area contributed by atoms with Crippen molar-refractivity contribution in [2.24, 2.45) is 11.8 Å². The van der Waals surface area contributed by atoms with Gasteiger partial charge < -0.3 is 15.6 Å². The molecule has 1 saturated carbocycles. The molecule has 23 heavy (non-hydrogen) atoms. The summed E-state index contributed by atoms with van der Waals surface area (Å²) in [7, 11) is 1.52. The molecule has 0 spiro atoms. The molecule has 5 heteroatoms. The number of methoxy groups -OCH3 is 1. The molecule has 4 rings (SSSR count). The van der Waals surface area contributed by atoms with Crippen molar-refractivity contribution in [2.75, 3.05) is 19.4 Å². The first-order chi connectivity index (χ1) is 10.9. The van der Waals surface area contributed by atoms with Gasteiger partial charge in [0, 0.05) is 31.0 Å². The van der Waals surface area contributed by atoms with Crippen LogP contribution in [0.1, 0.15) is 44.7 Å². The molecule has 2 bridgehead atoms. The van der Waals surface area contributed by atoms with Gasteiger partial charge in [0.2, 0.25) is 0 Å². The Kier molecular flexibility index (Phi) is 4.23. The summed E-state index contributed by atoms with van der Waals surface area (Å²) in [5.41, 5.74) is 7.23. The van der Waals surface area contributed by atoms with Crippen LogP contribution in [0.5, 0.6) is 11.5 Å². The van der Waals surface area contributed by atoms with Crippen LogP contribution in [0.4, 0.5) is 5.69 Å². The molecule has 0 aromatic heterocycles. The number of rotatable bonds is 4. The second-order valence-corrected chi connectivity index (χ2v) is 7.20. The monoisotopic (exact) mass is 318 g/mol. The largest absolute Gasteiger partial charge is 0.503 e. The standard InChI is InChI=1S/C18H26N2O3/c1-10(2)9-20-12-4-5-13(15(21)8-12)17(20)11-6-14(19)18(22)16(7-11)23-3/h6-7,10,12-13,17,22H,4-5,8-9,19H2,1-3H3. The van der Waals surface area contributed by atoms with Crippen molar-refractivity contribution in [2.45, 2.75) is 45.2 Å². The zero-order valence-corrected chi connectivity index (χ0v) is 14.1. The highest BCUT2D eigenvalue weighted by atomic mass is 16.5. The van der Waals surface area contributed by atoms with Gasteiger partial charge in [0.05, 0.1) is 12.8 Å². The first-order valence-electron chi connectivity index (χ1n) is 8.37. The smallest absolute Gasteiger partial charge is 0.181 e. The fourth-order valence-electron chi connectivity index (χ4n) is 4.18. The molecule has 1 aliphatic carbocycles. The summed E-state index contributed by atoms with van der Waals surface area (Å²) >= 11 is 0. The number of ether oxygens (including phenoxy) is 1. The molecule has 0 amide bonds. The van der Waals surface area contributed by atoms with Crippen LogP contribution >= 0.6 is 0 Å². The van der Waals surface area contributed by atoms with E-state index in [2.05, 4.69) is 18.7 Å². The zero-order valence-electron chi connectivity index (χ0n) is 14.1. The van der Waals surface area contributed by atoms with Gasteiger partial charge in [-0.1, -0.05) is 13.8 Å². The Labute approximate surface area is 137 Å². The van der Waals surface area contributed by atoms with Crippen LogP contribution in [0.15, 0.2) is 12.1 Å². The average Bonchev–Trinajstić information content (AvgIpc) is 2.50. The Balaban J connectivity index is 2.03. The summed E-state index contributed by atoms with van der Waals surface area (Å²) < 4.78 is 5.25. The number of fused-ring (bicyclic) bond motifs is 3. The molecular weight excluding hydrogens is 292 g/mol. The van der Waals surface area contributed by atoms with E-state index in [1.165, 1.54) is 7.11 Å². The lowest BCUT2D eigenvalue weighted by Gasteiger charge is -2.51. The number of piperidine rings is 2. The maximum atomic E-state index is 12.4. The average molecular weight is 318 g/mol. The van der Waals surface area contributed by atoms with Gasteiger partial charge in [-0.15, -0.1) is 0 Å². The molecular formula is C18H26N2O3. The Hall–Kier alpha value is -1.75. The summed E-state index contributed by atoms with van der Waals surface area (Å²) in [4.78, 5) is 14.9. The quantitative estimate of drug-likeness (QED) is 0.659. The second-order valence-electron chi connectivity index (χ2n) is 7.20. The summed E-state index contributed by atoms with van der Waals surface area (Å²) in [5, 5.41) is 9.99. The maximum absolute atomic E-state index is 12.4. The highest BCUT2D eigenvalue weighted by Crippen LogP contribution is 2.48. The number of aromatic hydroxyl groups is 1. The minimum Gasteiger partial charge on any atom is -0.503 e. The van der Waals surface area contributed by atoms with Crippen molar-refractivity contribution in [1.82, 2.24) is 4.90 Å². The van der Waals surface area contributed by atoms with Crippen LogP contribution in [0, 0.1) is 11.8 Å². The fraction of sp³-hybridized carbons (Fsp3) is 0.611. The number of ketones is 1. The van der Waals surface area contributed by atoms with Crippen LogP contribution in [0.25, 0.3) is 0 Å². The van der Waals surface area contributed by atoms with Crippen molar-refractivity contribution in [1.29, 1.82) is 0 Å². The molecule has 126 valence electrons. The SMILES string of the molecule is COc1cc(C2C3CCC(CC3=O)N2CC(C)C)cc(N)c1O. The number of phenolic OH excluding ortho intramolecular Hbond substituents is 1. The van der Waals surface area contributed by atoms with E-state index in [1.807, 2.05) is 6.07 Å². The summed E-state index contributed by atoms with van der Waals surface area (Å²) in [5.74, 6) is 1.25. The van der Waals surface area contributed by atoms with E-state index in [9.17, 15) is 9.90 Å². The molecule has 3 aliphatic rings. The maximum Gasteiger partial charge on any atom is 0.181 e. The predicted molar refractivity (Wildman–Crippen MR) is 89.5 cm³/mol. The lowest BCUT2D eigenvalue weighted by atomic mass is 9.71. The minimum atomic E-state index is -0.0287. The van der Waals surface area contributed by atoms with Crippen LogP contribution < -0.4 is 10.5 Å². The van der Waals surface area contributed by atoms with E-state index in [1.54, 1.807) is 6.07 Å². The van der Waals surface area contributed by atoms with E-state index in [4.69, 9.17) is 10.5 Å². The van der Waals surface area contributed by atoms with E-state index < -0.39 is 0 Å². The summed E-state index contributed by atoms with van der Waals surface area (Å²) in [6.07, 6.45) is 2.69. The van der Waals surface area contributed by atoms with Crippen molar-refractivity contribution in [3.63, 3.8) is 0 Å². The molecule has 2 saturated heterocycles. The number of hydrogen-bond donors (Lipinski definition) is 2. The summed E-state index contributed by atoms with van der Waals surface area (Å²) in [6, 6.07) is 3.98. The van der Waals surface area contributed by atoms with Gasteiger partial charge in [-0.3, -0.25) is 9.69 Å². The van der Waals surface area contributed by atoms with Crippen LogP contribution in [0.2, 0.25) is 0 Å². The van der Waals surface area contributed by atoms with E-state index in [0.29, 0.717) is 35.6 Å². The Morgan fingerprint density at radius 3 is 2.74 bits per heavy atom. The third-order valence-corrected chi connectivity index (χ3v) is 5.13. The van der Waals surface area contributed by atoms with Crippen molar-refractivity contribution in [3.8, 4) is 11.5 Å². The molecule has 1 aromatic rings. The molecule has 3 fully saturated rings. The topological polar surface area (TPSA) is 75.8 Å². The van der Waals surface area contributed by atoms with Gasteiger partial charge in [-0.05, 0) is 36.5 Å². The minimum absolute atomic E-state index is 0.0207. The highest BCUT2D eigenvalue weighted by molar-refractivity contribution is 5.84. The van der Waals surface area contributed by atoms with E-state index >= 15 is 0 Å². The molecule has 0 radical (unpaired) electrons. The number of hydrogen-bond acceptors (Lipinski definition) is 5. The van der Waals surface area contributed by atoms with E-state index in [-0.39, 0.29) is 17.7 Å². The van der Waals surface area contributed by atoms with Crippen molar-refractivity contribution in [3.05, 3.63) is 17.7 Å². The number of nitrogen functional groups attached to an aromatic ring is 1. The zero-order chi connectivity index (χ0) is 16.7. The summed E-state index contributed by atoms with van der Waals surface area (Å²) in [6.45, 7) is 5.36. The first kappa shape index (κ1) is 16.1. The molecule has 3 atom stereocenters. The normalized spacial score (nSPS) is 27.7. The fourth-order valence-corrected chi connectivity index (χ4v) is 4.18. The van der Waals surface area contributed by atoms with Gasteiger partial charge in [0.1, 0.15) is 5.78 Å². The number of carbonyl (C=O) groups is 1. The van der Waals surface area contributed by atoms with Crippen molar-refractivity contribution < 1.29 is 14.6 Å². The number of carbonyl (C=O) groups excluding carboxylic acids is 1. The highest BCUT2D eigenvalue weighted by Gasteiger charge is 2.47. The predicted octanol–water partition coefficient (Wildman–Crippen LogP) is 2.73. The van der Waals surface area contributed by atoms with Crippen LogP contribution in [-0.2, 0) is 4.79 Å². The van der Waals surface area contributed by atoms with Gasteiger partial charge in [-0.2, -0.15) is 0 Å². The van der Waals surface area contributed by atoms with Gasteiger partial charge in [-0.25, -0.2) is 0 Å². The number of nitrogens with two attached hydrogens (primary N) is 1. The van der Waals surface area contributed by atoms with Gasteiger partial charge in [0.25, 0.3) is 0 Å².